The summed E-state index contributed by atoms with van der Waals surface area (Å²) in [5, 5.41) is 1.94. The van der Waals surface area contributed by atoms with Crippen molar-refractivity contribution in [2.45, 2.75) is 13.5 Å². The summed E-state index contributed by atoms with van der Waals surface area (Å²) in [4.78, 5) is 14.9. The maximum Gasteiger partial charge on any atom is 0.186 e. The summed E-state index contributed by atoms with van der Waals surface area (Å²) < 4.78 is 0. The third kappa shape index (κ3) is 3.28. The number of hydrogen-bond acceptors (Lipinski definition) is 3. The molecule has 0 N–H and O–H groups in total. The molecular formula is C15H17NOS. The molecule has 0 aliphatic rings. The van der Waals surface area contributed by atoms with Crippen LogP contribution >= 0.6 is 11.3 Å². The zero-order valence-electron chi connectivity index (χ0n) is 10.7. The molecule has 0 bridgehead atoms. The minimum Gasteiger partial charge on any atom is -0.295 e. The molecule has 0 atom stereocenters. The molecule has 0 aliphatic heterocycles. The summed E-state index contributed by atoms with van der Waals surface area (Å²) in [6, 6.07) is 12.1. The number of aryl methyl sites for hydroxylation is 1. The van der Waals surface area contributed by atoms with Crippen LogP contribution in [0.1, 0.15) is 20.8 Å². The van der Waals surface area contributed by atoms with Gasteiger partial charge in [0.05, 0.1) is 11.4 Å². The van der Waals surface area contributed by atoms with E-state index in [1.165, 1.54) is 22.5 Å². The Balaban J connectivity index is 1.95. The molecule has 1 aromatic heterocycles. The van der Waals surface area contributed by atoms with Gasteiger partial charge in [-0.2, -0.15) is 0 Å². The highest BCUT2D eigenvalue weighted by atomic mass is 32.1. The van der Waals surface area contributed by atoms with Gasteiger partial charge in [-0.1, -0.05) is 30.3 Å². The van der Waals surface area contributed by atoms with E-state index in [9.17, 15) is 4.79 Å². The van der Waals surface area contributed by atoms with Gasteiger partial charge in [-0.25, -0.2) is 0 Å². The lowest BCUT2D eigenvalue weighted by Crippen LogP contribution is -2.25. The number of nitrogens with zero attached hydrogens (tertiary/aromatic N) is 1. The maximum absolute atomic E-state index is 12.0. The normalized spacial score (nSPS) is 10.8. The number of benzene rings is 1. The number of carbonyl (C=O) groups excluding carboxylic acids is 1. The topological polar surface area (TPSA) is 20.3 Å². The second-order valence-electron chi connectivity index (χ2n) is 4.50. The van der Waals surface area contributed by atoms with Gasteiger partial charge in [-0.15, -0.1) is 11.3 Å². The largest absolute Gasteiger partial charge is 0.295 e. The number of thiophene rings is 1. The number of Topliss-reactive ketones (excluding diaryl/α,β-unsaturated/α-hetero) is 1. The molecule has 2 rings (SSSR count). The van der Waals surface area contributed by atoms with Gasteiger partial charge in [0.25, 0.3) is 0 Å². The highest BCUT2D eigenvalue weighted by Crippen LogP contribution is 2.12. The van der Waals surface area contributed by atoms with Crippen LogP contribution in [-0.2, 0) is 6.54 Å². The third-order valence-corrected chi connectivity index (χ3v) is 3.82. The maximum atomic E-state index is 12.0. The number of ketones is 1. The van der Waals surface area contributed by atoms with E-state index in [1.54, 1.807) is 0 Å². The van der Waals surface area contributed by atoms with Crippen LogP contribution in [-0.4, -0.2) is 24.3 Å². The fraction of sp³-hybridized carbons (Fsp3) is 0.267. The number of rotatable bonds is 5. The Morgan fingerprint density at radius 3 is 2.67 bits per heavy atom. The molecule has 3 heteroatoms. The first kappa shape index (κ1) is 13.0. The lowest BCUT2D eigenvalue weighted by atomic mass is 10.1. The van der Waals surface area contributed by atoms with Crippen molar-refractivity contribution in [3.8, 4) is 0 Å². The van der Waals surface area contributed by atoms with Crippen LogP contribution in [0.15, 0.2) is 41.8 Å². The van der Waals surface area contributed by atoms with Crippen LogP contribution in [0.2, 0.25) is 0 Å². The molecule has 18 heavy (non-hydrogen) atoms. The van der Waals surface area contributed by atoms with E-state index in [-0.39, 0.29) is 5.78 Å². The van der Waals surface area contributed by atoms with Gasteiger partial charge >= 0.3 is 0 Å². The number of likely N-dealkylation sites (N-methyl/N-ethyl adjacent to an activating group) is 1. The molecule has 0 fully saturated rings. The minimum atomic E-state index is 0.195. The van der Waals surface area contributed by atoms with Crippen LogP contribution in [0.5, 0.6) is 0 Å². The van der Waals surface area contributed by atoms with Crippen LogP contribution in [0.25, 0.3) is 0 Å². The van der Waals surface area contributed by atoms with Crippen molar-refractivity contribution >= 4 is 17.1 Å². The second-order valence-corrected chi connectivity index (χ2v) is 5.45. The van der Waals surface area contributed by atoms with E-state index >= 15 is 0 Å². The van der Waals surface area contributed by atoms with E-state index < -0.39 is 0 Å². The van der Waals surface area contributed by atoms with Crippen molar-refractivity contribution < 1.29 is 4.79 Å². The second kappa shape index (κ2) is 5.94. The average Bonchev–Trinajstić information content (AvgIpc) is 2.85. The Bertz CT molecular complexity index is 519. The third-order valence-electron chi connectivity index (χ3n) is 2.91. The molecule has 0 amide bonds. The first-order valence-electron chi connectivity index (χ1n) is 5.96. The predicted octanol–water partition coefficient (Wildman–Crippen LogP) is 3.37. The van der Waals surface area contributed by atoms with Gasteiger partial charge < -0.3 is 0 Å². The van der Waals surface area contributed by atoms with Crippen LogP contribution in [0, 0.1) is 6.92 Å². The van der Waals surface area contributed by atoms with Gasteiger partial charge in [0, 0.05) is 6.54 Å². The Morgan fingerprint density at radius 1 is 1.22 bits per heavy atom. The summed E-state index contributed by atoms with van der Waals surface area (Å²) >= 11 is 1.51. The van der Waals surface area contributed by atoms with Crippen LogP contribution in [0.4, 0.5) is 0 Å². The van der Waals surface area contributed by atoms with E-state index in [4.69, 9.17) is 0 Å². The fourth-order valence-electron chi connectivity index (χ4n) is 1.89. The fourth-order valence-corrected chi connectivity index (χ4v) is 2.55. The van der Waals surface area contributed by atoms with Crippen molar-refractivity contribution in [1.82, 2.24) is 4.90 Å². The van der Waals surface area contributed by atoms with E-state index in [0.717, 1.165) is 11.4 Å². The van der Waals surface area contributed by atoms with Crippen molar-refractivity contribution in [3.63, 3.8) is 0 Å². The predicted molar refractivity (Wildman–Crippen MR) is 76.2 cm³/mol. The summed E-state index contributed by atoms with van der Waals surface area (Å²) in [6.45, 7) is 3.38. The average molecular weight is 259 g/mol. The first-order chi connectivity index (χ1) is 8.66. The molecule has 0 radical (unpaired) electrons. The summed E-state index contributed by atoms with van der Waals surface area (Å²) in [7, 11) is 1.98. The Hall–Kier alpha value is -1.45. The van der Waals surface area contributed by atoms with Gasteiger partial charge in [0.15, 0.2) is 5.78 Å². The Labute approximate surface area is 112 Å². The smallest absolute Gasteiger partial charge is 0.186 e. The molecule has 0 saturated carbocycles. The zero-order valence-corrected chi connectivity index (χ0v) is 11.5. The molecule has 0 aliphatic carbocycles. The monoisotopic (exact) mass is 259 g/mol. The minimum absolute atomic E-state index is 0.195. The van der Waals surface area contributed by atoms with E-state index in [2.05, 4.69) is 24.0 Å². The highest BCUT2D eigenvalue weighted by Gasteiger charge is 2.10. The van der Waals surface area contributed by atoms with Crippen molar-refractivity contribution in [3.05, 3.63) is 57.8 Å². The standard InChI is InChI=1S/C15H17NOS/c1-12-6-3-4-7-13(12)10-16(2)11-14(17)15-8-5-9-18-15/h3-9H,10-11H2,1-2H3. The molecule has 2 nitrogen and oxygen atoms in total. The lowest BCUT2D eigenvalue weighted by Gasteiger charge is -2.16. The SMILES string of the molecule is Cc1ccccc1CN(C)CC(=O)c1cccs1. The van der Waals surface area contributed by atoms with Crippen LogP contribution < -0.4 is 0 Å². The molecular weight excluding hydrogens is 242 g/mol. The highest BCUT2D eigenvalue weighted by molar-refractivity contribution is 7.12. The molecule has 0 spiro atoms. The molecule has 1 aromatic carbocycles. The molecule has 0 unspecified atom stereocenters. The molecule has 1 heterocycles. The first-order valence-corrected chi connectivity index (χ1v) is 6.84. The number of hydrogen-bond donors (Lipinski definition) is 0. The van der Waals surface area contributed by atoms with Gasteiger partial charge in [-0.05, 0) is 36.5 Å². The van der Waals surface area contributed by atoms with Crippen LogP contribution in [0.3, 0.4) is 0 Å². The molecule has 2 aromatic rings. The molecule has 0 saturated heterocycles. The molecule has 94 valence electrons. The van der Waals surface area contributed by atoms with E-state index in [1.807, 2.05) is 36.7 Å². The summed E-state index contributed by atoms with van der Waals surface area (Å²) in [5.74, 6) is 0.195. The van der Waals surface area contributed by atoms with Gasteiger partial charge in [0.2, 0.25) is 0 Å². The van der Waals surface area contributed by atoms with Crippen molar-refractivity contribution in [2.75, 3.05) is 13.6 Å². The summed E-state index contributed by atoms with van der Waals surface area (Å²) in [5.41, 5.74) is 2.55. The Morgan fingerprint density at radius 2 is 2.00 bits per heavy atom. The van der Waals surface area contributed by atoms with Gasteiger partial charge in [-0.3, -0.25) is 9.69 Å². The van der Waals surface area contributed by atoms with Crippen molar-refractivity contribution in [1.29, 1.82) is 0 Å². The quantitative estimate of drug-likeness (QED) is 0.767. The zero-order chi connectivity index (χ0) is 13.0. The van der Waals surface area contributed by atoms with Gasteiger partial charge in [0.1, 0.15) is 0 Å². The van der Waals surface area contributed by atoms with E-state index in [0.29, 0.717) is 6.54 Å². The number of carbonyl (C=O) groups is 1. The van der Waals surface area contributed by atoms with Crippen molar-refractivity contribution in [2.24, 2.45) is 0 Å². The Kier molecular flexibility index (Phi) is 4.28. The lowest BCUT2D eigenvalue weighted by molar-refractivity contribution is 0.0947. The summed E-state index contributed by atoms with van der Waals surface area (Å²) in [6.07, 6.45) is 0.